The molecule has 0 saturated carbocycles. The maximum absolute atomic E-state index is 5.28. The van der Waals surface area contributed by atoms with E-state index in [2.05, 4.69) is 203 Å². The van der Waals surface area contributed by atoms with E-state index in [1.807, 2.05) is 12.1 Å². The van der Waals surface area contributed by atoms with Crippen molar-refractivity contribution in [3.05, 3.63) is 206 Å². The lowest BCUT2D eigenvalue weighted by molar-refractivity contribution is 0.995. The second kappa shape index (κ2) is 12.7. The van der Waals surface area contributed by atoms with Crippen molar-refractivity contribution in [1.82, 2.24) is 19.1 Å². The van der Waals surface area contributed by atoms with Crippen molar-refractivity contribution in [1.29, 1.82) is 0 Å². The summed E-state index contributed by atoms with van der Waals surface area (Å²) in [7, 11) is 0. The van der Waals surface area contributed by atoms with Crippen LogP contribution in [0.2, 0.25) is 0 Å². The van der Waals surface area contributed by atoms with E-state index < -0.39 is 0 Å². The molecule has 9 aromatic carbocycles. The van der Waals surface area contributed by atoms with Gasteiger partial charge in [0.2, 0.25) is 5.95 Å². The molecule has 0 bridgehead atoms. The predicted octanol–water partition coefficient (Wildman–Crippen LogP) is 14.5. The van der Waals surface area contributed by atoms with Crippen molar-refractivity contribution in [2.45, 2.75) is 0 Å². The minimum Gasteiger partial charge on any atom is -0.309 e. The van der Waals surface area contributed by atoms with Gasteiger partial charge in [-0.3, -0.25) is 4.57 Å². The van der Waals surface area contributed by atoms with Gasteiger partial charge in [0.15, 0.2) is 0 Å². The van der Waals surface area contributed by atoms with Crippen LogP contribution in [0.15, 0.2) is 206 Å². The molecule has 0 amide bonds. The molecule has 1 aliphatic rings. The number of fused-ring (bicyclic) bond motifs is 9. The summed E-state index contributed by atoms with van der Waals surface area (Å²) in [5.41, 5.74) is 17.1. The smallest absolute Gasteiger partial charge is 0.235 e. The zero-order valence-electron chi connectivity index (χ0n) is 32.4. The minimum absolute atomic E-state index is 0.644. The Morgan fingerprint density at radius 3 is 1.55 bits per heavy atom. The van der Waals surface area contributed by atoms with Crippen molar-refractivity contribution in [2.24, 2.45) is 0 Å². The highest BCUT2D eigenvalue weighted by Crippen LogP contribution is 2.49. The normalized spacial score (nSPS) is 12.0. The Kier molecular flexibility index (Phi) is 6.98. The molecule has 12 aromatic rings. The molecule has 13 rings (SSSR count). The van der Waals surface area contributed by atoms with Gasteiger partial charge < -0.3 is 4.57 Å². The molecule has 4 nitrogen and oxygen atoms in total. The summed E-state index contributed by atoms with van der Waals surface area (Å²) in [5, 5.41) is 7.39. The van der Waals surface area contributed by atoms with Gasteiger partial charge in [0.1, 0.15) is 0 Å². The van der Waals surface area contributed by atoms with Crippen LogP contribution in [-0.2, 0) is 0 Å². The second-order valence-electron chi connectivity index (χ2n) is 15.7. The third-order valence-electron chi connectivity index (χ3n) is 12.5. The first-order valence-electron chi connectivity index (χ1n) is 20.5. The summed E-state index contributed by atoms with van der Waals surface area (Å²) in [5.74, 6) is 0.644. The largest absolute Gasteiger partial charge is 0.309 e. The Bertz CT molecular complexity index is 3620. The molecule has 0 aliphatic heterocycles. The fourth-order valence-corrected chi connectivity index (χ4v) is 9.91. The summed E-state index contributed by atoms with van der Waals surface area (Å²) in [6.07, 6.45) is 0. The summed E-state index contributed by atoms with van der Waals surface area (Å²) >= 11 is 0. The first-order valence-corrected chi connectivity index (χ1v) is 20.5. The molecule has 60 heavy (non-hydrogen) atoms. The molecular formula is C56H34N4. The monoisotopic (exact) mass is 762 g/mol. The molecule has 0 N–H and O–H groups in total. The lowest BCUT2D eigenvalue weighted by atomic mass is 9.98. The van der Waals surface area contributed by atoms with Crippen LogP contribution >= 0.6 is 0 Å². The van der Waals surface area contributed by atoms with Crippen LogP contribution in [0.3, 0.4) is 0 Å². The summed E-state index contributed by atoms with van der Waals surface area (Å²) < 4.78 is 4.71. The minimum atomic E-state index is 0.644. The Labute approximate surface area is 345 Å². The van der Waals surface area contributed by atoms with Gasteiger partial charge >= 0.3 is 0 Å². The van der Waals surface area contributed by atoms with Gasteiger partial charge in [0.25, 0.3) is 0 Å². The predicted molar refractivity (Wildman–Crippen MR) is 249 cm³/mol. The van der Waals surface area contributed by atoms with E-state index in [-0.39, 0.29) is 0 Å². The van der Waals surface area contributed by atoms with Gasteiger partial charge in [0, 0.05) is 38.1 Å². The van der Waals surface area contributed by atoms with Crippen molar-refractivity contribution in [2.75, 3.05) is 0 Å². The van der Waals surface area contributed by atoms with Gasteiger partial charge in [-0.2, -0.15) is 0 Å². The van der Waals surface area contributed by atoms with Gasteiger partial charge in [-0.1, -0.05) is 164 Å². The molecular weight excluding hydrogens is 729 g/mol. The first-order chi connectivity index (χ1) is 29.8. The van der Waals surface area contributed by atoms with E-state index in [1.165, 1.54) is 77.0 Å². The third-order valence-corrected chi connectivity index (χ3v) is 12.5. The van der Waals surface area contributed by atoms with Crippen molar-refractivity contribution in [3.8, 4) is 67.5 Å². The highest BCUT2D eigenvalue weighted by atomic mass is 15.2. The molecule has 0 fully saturated rings. The van der Waals surface area contributed by atoms with Crippen molar-refractivity contribution in [3.63, 3.8) is 0 Å². The lowest BCUT2D eigenvalue weighted by Gasteiger charge is -2.14. The van der Waals surface area contributed by atoms with E-state index in [0.717, 1.165) is 38.9 Å². The maximum atomic E-state index is 5.28. The molecule has 278 valence electrons. The van der Waals surface area contributed by atoms with E-state index in [4.69, 9.17) is 9.97 Å². The highest BCUT2D eigenvalue weighted by molar-refractivity contribution is 6.20. The van der Waals surface area contributed by atoms with Crippen LogP contribution in [0.4, 0.5) is 0 Å². The lowest BCUT2D eigenvalue weighted by Crippen LogP contribution is -2.04. The fraction of sp³-hybridized carbons (Fsp3) is 0. The van der Waals surface area contributed by atoms with E-state index in [1.54, 1.807) is 0 Å². The van der Waals surface area contributed by atoms with Gasteiger partial charge in [-0.25, -0.2) is 9.97 Å². The molecule has 3 heterocycles. The number of hydrogen-bond acceptors (Lipinski definition) is 2. The standard InChI is InChI=1S/C56H34N4/c1-3-15-35(16-4-1)47-34-48(36-17-5-2-6-18-36)58-56(57-47)60-50-27-12-10-22-45(50)55-38(23-14-28-53(55)60)37-29-31-52-46(33-37)41-21-9-11-26-49(41)59(52)51-32-30-43-40-20-8-7-19-39(40)42-24-13-25-44(51)54(42)43/h1-34H. The van der Waals surface area contributed by atoms with Gasteiger partial charge in [-0.15, -0.1) is 0 Å². The molecule has 0 saturated heterocycles. The van der Waals surface area contributed by atoms with Crippen LogP contribution < -0.4 is 0 Å². The average Bonchev–Trinajstić information content (AvgIpc) is 3.96. The first kappa shape index (κ1) is 32.9. The van der Waals surface area contributed by atoms with Crippen LogP contribution in [0.1, 0.15) is 0 Å². The molecule has 3 aromatic heterocycles. The maximum Gasteiger partial charge on any atom is 0.235 e. The molecule has 0 radical (unpaired) electrons. The number of aromatic nitrogens is 4. The average molecular weight is 763 g/mol. The molecule has 0 unspecified atom stereocenters. The summed E-state index contributed by atoms with van der Waals surface area (Å²) in [6, 6.07) is 74.2. The number of hydrogen-bond donors (Lipinski definition) is 0. The second-order valence-corrected chi connectivity index (χ2v) is 15.7. The van der Waals surface area contributed by atoms with Crippen LogP contribution in [0.5, 0.6) is 0 Å². The van der Waals surface area contributed by atoms with E-state index in [9.17, 15) is 0 Å². The van der Waals surface area contributed by atoms with Crippen molar-refractivity contribution < 1.29 is 0 Å². The SMILES string of the molecule is c1ccc(-c2cc(-c3ccccc3)nc(-n3c4ccccc4c4c(-c5ccc6c(c5)c5ccccc5n6-c5ccc6c7c(cccc57)-c5ccccc5-6)cccc43)n2)cc1. The van der Waals surface area contributed by atoms with Gasteiger partial charge in [-0.05, 0) is 81.2 Å². The summed E-state index contributed by atoms with van der Waals surface area (Å²) in [4.78, 5) is 10.6. The number of nitrogens with zero attached hydrogens (tertiary/aromatic N) is 4. The topological polar surface area (TPSA) is 35.6 Å². The number of rotatable bonds is 5. The zero-order chi connectivity index (χ0) is 39.3. The fourth-order valence-electron chi connectivity index (χ4n) is 9.91. The van der Waals surface area contributed by atoms with Crippen LogP contribution in [-0.4, -0.2) is 19.1 Å². The molecule has 0 atom stereocenters. The Hall–Kier alpha value is -8.08. The van der Waals surface area contributed by atoms with Gasteiger partial charge in [0.05, 0.1) is 39.1 Å². The number of benzene rings is 9. The zero-order valence-corrected chi connectivity index (χ0v) is 32.4. The highest BCUT2D eigenvalue weighted by Gasteiger charge is 2.25. The van der Waals surface area contributed by atoms with E-state index in [0.29, 0.717) is 5.95 Å². The third kappa shape index (κ3) is 4.73. The Balaban J connectivity index is 1.03. The summed E-state index contributed by atoms with van der Waals surface area (Å²) in [6.45, 7) is 0. The quantitative estimate of drug-likeness (QED) is 0.175. The Morgan fingerprint density at radius 2 is 0.817 bits per heavy atom. The molecule has 0 spiro atoms. The van der Waals surface area contributed by atoms with Crippen molar-refractivity contribution >= 4 is 54.4 Å². The number of para-hydroxylation sites is 2. The molecule has 4 heteroatoms. The Morgan fingerprint density at radius 1 is 0.283 bits per heavy atom. The van der Waals surface area contributed by atoms with E-state index >= 15 is 0 Å². The van der Waals surface area contributed by atoms with Crippen LogP contribution in [0.25, 0.3) is 122 Å². The molecule has 1 aliphatic carbocycles. The van der Waals surface area contributed by atoms with Crippen LogP contribution in [0, 0.1) is 0 Å².